The minimum atomic E-state index is 0.226. The maximum absolute atomic E-state index is 5.83. The Bertz CT molecular complexity index is 896. The maximum atomic E-state index is 5.83. The summed E-state index contributed by atoms with van der Waals surface area (Å²) in [6.07, 6.45) is 9.75. The molecule has 1 unspecified atom stereocenters. The first kappa shape index (κ1) is 17.3. The van der Waals surface area contributed by atoms with Gasteiger partial charge in [0.2, 0.25) is 11.8 Å². The Hall–Kier alpha value is -3.16. The molecule has 1 aliphatic heterocycles. The van der Waals surface area contributed by atoms with Crippen LogP contribution in [0.5, 0.6) is 5.88 Å². The first-order valence-electron chi connectivity index (χ1n) is 9.06. The topological polar surface area (TPSA) is 95.0 Å². The Morgan fingerprint density at radius 2 is 2.22 bits per heavy atom. The van der Waals surface area contributed by atoms with Crippen LogP contribution in [0.2, 0.25) is 0 Å². The van der Waals surface area contributed by atoms with Crippen LogP contribution < -0.4 is 15.4 Å². The molecule has 4 rings (SSSR count). The monoisotopic (exact) mass is 365 g/mol. The van der Waals surface area contributed by atoms with Gasteiger partial charge in [-0.25, -0.2) is 4.98 Å². The number of pyridine rings is 1. The number of imidazole rings is 1. The van der Waals surface area contributed by atoms with E-state index in [0.29, 0.717) is 11.8 Å². The lowest BCUT2D eigenvalue weighted by atomic mass is 9.97. The summed E-state index contributed by atoms with van der Waals surface area (Å²) in [6.45, 7) is 2.54. The number of hydrogen-bond donors (Lipinski definition) is 1. The highest BCUT2D eigenvalue weighted by Gasteiger charge is 2.26. The summed E-state index contributed by atoms with van der Waals surface area (Å²) in [5.74, 6) is 2.93. The zero-order valence-electron chi connectivity index (χ0n) is 15.3. The highest BCUT2D eigenvalue weighted by molar-refractivity contribution is 5.46. The normalized spacial score (nSPS) is 17.1. The lowest BCUT2D eigenvalue weighted by Crippen LogP contribution is -2.36. The third-order valence-corrected chi connectivity index (χ3v) is 4.85. The largest absolute Gasteiger partial charge is 0.481 e. The van der Waals surface area contributed by atoms with Crippen LogP contribution in [-0.2, 0) is 6.54 Å². The van der Waals surface area contributed by atoms with Crippen molar-refractivity contribution in [1.29, 1.82) is 0 Å². The van der Waals surface area contributed by atoms with E-state index in [0.717, 1.165) is 49.7 Å². The van der Waals surface area contributed by atoms with Gasteiger partial charge in [0, 0.05) is 49.9 Å². The number of rotatable bonds is 5. The van der Waals surface area contributed by atoms with Crippen LogP contribution >= 0.6 is 0 Å². The second-order valence-corrected chi connectivity index (χ2v) is 6.69. The minimum Gasteiger partial charge on any atom is -0.481 e. The fourth-order valence-electron chi connectivity index (χ4n) is 3.60. The van der Waals surface area contributed by atoms with E-state index < -0.39 is 0 Å². The second-order valence-electron chi connectivity index (χ2n) is 6.69. The van der Waals surface area contributed by atoms with Crippen molar-refractivity contribution >= 4 is 11.8 Å². The van der Waals surface area contributed by atoms with E-state index in [1.807, 2.05) is 30.7 Å². The number of hydrogen-bond acceptors (Lipinski definition) is 7. The molecule has 8 heteroatoms. The molecule has 1 aliphatic rings. The number of nitrogens with zero attached hydrogens (tertiary/aromatic N) is 6. The Morgan fingerprint density at radius 1 is 1.30 bits per heavy atom. The smallest absolute Gasteiger partial charge is 0.225 e. The van der Waals surface area contributed by atoms with Crippen molar-refractivity contribution < 1.29 is 4.74 Å². The van der Waals surface area contributed by atoms with Crippen LogP contribution in [0.4, 0.5) is 11.8 Å². The van der Waals surface area contributed by atoms with E-state index in [1.54, 1.807) is 13.3 Å². The van der Waals surface area contributed by atoms with Gasteiger partial charge in [0.25, 0.3) is 0 Å². The van der Waals surface area contributed by atoms with Crippen molar-refractivity contribution in [2.75, 3.05) is 30.8 Å². The van der Waals surface area contributed by atoms with Gasteiger partial charge in [0.05, 0.1) is 13.7 Å². The summed E-state index contributed by atoms with van der Waals surface area (Å²) in [6, 6.07) is 5.88. The van der Waals surface area contributed by atoms with Crippen molar-refractivity contribution in [3.8, 4) is 5.88 Å². The molecule has 1 fully saturated rings. The van der Waals surface area contributed by atoms with Crippen LogP contribution in [0, 0.1) is 0 Å². The molecule has 0 bridgehead atoms. The van der Waals surface area contributed by atoms with E-state index >= 15 is 0 Å². The molecule has 1 saturated heterocycles. The van der Waals surface area contributed by atoms with E-state index in [4.69, 9.17) is 10.5 Å². The van der Waals surface area contributed by atoms with Crippen LogP contribution in [0.25, 0.3) is 0 Å². The molecule has 2 N–H and O–H groups in total. The standard InChI is InChI=1S/C19H23N7O/c1-27-17-10-16(23-19(20)24-17)25-8-3-5-15(13-25)18-22-7-9-26(18)12-14-4-2-6-21-11-14/h2,4,6-7,9-11,15H,3,5,8,12-13H2,1H3,(H2,20,23,24). The molecule has 4 heterocycles. The molecule has 140 valence electrons. The third kappa shape index (κ3) is 3.84. The Labute approximate surface area is 158 Å². The van der Waals surface area contributed by atoms with Gasteiger partial charge in [-0.1, -0.05) is 6.07 Å². The van der Waals surface area contributed by atoms with Gasteiger partial charge in [0.15, 0.2) is 0 Å². The fraction of sp³-hybridized carbons (Fsp3) is 0.368. The van der Waals surface area contributed by atoms with Crippen LogP contribution in [0.15, 0.2) is 43.0 Å². The van der Waals surface area contributed by atoms with Gasteiger partial charge in [-0.05, 0) is 24.5 Å². The number of ether oxygens (including phenoxy) is 1. The average Bonchev–Trinajstić information content (AvgIpc) is 3.16. The quantitative estimate of drug-likeness (QED) is 0.740. The van der Waals surface area contributed by atoms with Gasteiger partial charge in [-0.2, -0.15) is 9.97 Å². The molecule has 0 spiro atoms. The predicted octanol–water partition coefficient (Wildman–Crippen LogP) is 2.09. The number of nitrogen functional groups attached to an aromatic ring is 1. The molecular formula is C19H23N7O. The Balaban J connectivity index is 1.54. The van der Waals surface area contributed by atoms with Gasteiger partial charge < -0.3 is 19.9 Å². The maximum Gasteiger partial charge on any atom is 0.225 e. The van der Waals surface area contributed by atoms with Crippen molar-refractivity contribution in [3.05, 3.63) is 54.4 Å². The average molecular weight is 365 g/mol. The predicted molar refractivity (Wildman–Crippen MR) is 103 cm³/mol. The molecule has 0 saturated carbocycles. The van der Waals surface area contributed by atoms with Crippen molar-refractivity contribution in [2.45, 2.75) is 25.3 Å². The molecule has 1 atom stereocenters. The lowest BCUT2D eigenvalue weighted by molar-refractivity contribution is 0.397. The van der Waals surface area contributed by atoms with Gasteiger partial charge in [-0.15, -0.1) is 0 Å². The van der Waals surface area contributed by atoms with Crippen LogP contribution in [-0.4, -0.2) is 44.7 Å². The highest BCUT2D eigenvalue weighted by atomic mass is 16.5. The van der Waals surface area contributed by atoms with E-state index in [1.165, 1.54) is 0 Å². The molecule has 0 radical (unpaired) electrons. The van der Waals surface area contributed by atoms with Gasteiger partial charge in [0.1, 0.15) is 11.6 Å². The Kier molecular flexibility index (Phi) is 4.86. The first-order valence-corrected chi connectivity index (χ1v) is 9.06. The second kappa shape index (κ2) is 7.61. The van der Waals surface area contributed by atoms with Gasteiger partial charge in [-0.3, -0.25) is 4.98 Å². The fourth-order valence-corrected chi connectivity index (χ4v) is 3.60. The van der Waals surface area contributed by atoms with Crippen LogP contribution in [0.3, 0.4) is 0 Å². The minimum absolute atomic E-state index is 0.226. The number of nitrogens with two attached hydrogens (primary N) is 1. The molecule has 3 aromatic rings. The Morgan fingerprint density at radius 3 is 3.04 bits per heavy atom. The first-order chi connectivity index (χ1) is 13.2. The van der Waals surface area contributed by atoms with E-state index in [9.17, 15) is 0 Å². The van der Waals surface area contributed by atoms with Crippen LogP contribution in [0.1, 0.15) is 30.1 Å². The SMILES string of the molecule is COc1cc(N2CCCC(c3nccn3Cc3cccnc3)C2)nc(N)n1. The third-order valence-electron chi connectivity index (χ3n) is 4.85. The molecule has 0 aliphatic carbocycles. The summed E-state index contributed by atoms with van der Waals surface area (Å²) >= 11 is 0. The molecule has 0 aromatic carbocycles. The lowest BCUT2D eigenvalue weighted by Gasteiger charge is -2.33. The zero-order valence-corrected chi connectivity index (χ0v) is 15.3. The van der Waals surface area contributed by atoms with Crippen molar-refractivity contribution in [2.24, 2.45) is 0 Å². The number of anilines is 2. The molecular weight excluding hydrogens is 342 g/mol. The number of aromatic nitrogens is 5. The zero-order chi connectivity index (χ0) is 18.6. The summed E-state index contributed by atoms with van der Waals surface area (Å²) in [5.41, 5.74) is 6.99. The summed E-state index contributed by atoms with van der Waals surface area (Å²) in [4.78, 5) is 19.5. The number of methoxy groups -OCH3 is 1. The summed E-state index contributed by atoms with van der Waals surface area (Å²) in [5, 5.41) is 0. The molecule has 0 amide bonds. The molecule has 8 nitrogen and oxygen atoms in total. The van der Waals surface area contributed by atoms with Crippen molar-refractivity contribution in [3.63, 3.8) is 0 Å². The highest BCUT2D eigenvalue weighted by Crippen LogP contribution is 2.30. The van der Waals surface area contributed by atoms with E-state index in [-0.39, 0.29) is 5.95 Å². The molecule has 3 aromatic heterocycles. The van der Waals surface area contributed by atoms with E-state index in [2.05, 4.69) is 35.5 Å². The van der Waals surface area contributed by atoms with Gasteiger partial charge >= 0.3 is 0 Å². The summed E-state index contributed by atoms with van der Waals surface area (Å²) in [7, 11) is 1.58. The molecule has 27 heavy (non-hydrogen) atoms. The number of piperidine rings is 1. The van der Waals surface area contributed by atoms with Crippen molar-refractivity contribution in [1.82, 2.24) is 24.5 Å². The summed E-state index contributed by atoms with van der Waals surface area (Å²) < 4.78 is 7.44.